The second kappa shape index (κ2) is 8.60. The Morgan fingerprint density at radius 1 is 0.850 bits per heavy atom. The maximum Gasteiger partial charge on any atom is 0.0894 e. The topological polar surface area (TPSA) is 0 Å². The van der Waals surface area contributed by atoms with E-state index in [9.17, 15) is 4.39 Å². The van der Waals surface area contributed by atoms with Gasteiger partial charge in [-0.1, -0.05) is 60.7 Å². The van der Waals surface area contributed by atoms with E-state index in [1.807, 2.05) is 12.1 Å². The lowest BCUT2D eigenvalue weighted by Crippen LogP contribution is -1.87. The molecule has 0 fully saturated rings. The maximum atomic E-state index is 12.1. The summed E-state index contributed by atoms with van der Waals surface area (Å²) in [7, 11) is 0. The summed E-state index contributed by atoms with van der Waals surface area (Å²) in [5.41, 5.74) is 3.67. The van der Waals surface area contributed by atoms with Crippen molar-refractivity contribution in [3.63, 3.8) is 0 Å². The molecule has 0 unspecified atom stereocenters. The van der Waals surface area contributed by atoms with Crippen molar-refractivity contribution in [3.8, 4) is 0 Å². The van der Waals surface area contributed by atoms with Crippen molar-refractivity contribution in [1.29, 1.82) is 0 Å². The fourth-order valence-electron chi connectivity index (χ4n) is 1.96. The Morgan fingerprint density at radius 2 is 1.40 bits per heavy atom. The van der Waals surface area contributed by atoms with Gasteiger partial charge in [-0.2, -0.15) is 0 Å². The Morgan fingerprint density at radius 3 is 1.90 bits per heavy atom. The Kier molecular flexibility index (Phi) is 6.39. The molecule has 0 radical (unpaired) electrons. The minimum atomic E-state index is -0.214. The summed E-state index contributed by atoms with van der Waals surface area (Å²) in [6, 6.07) is 20.8. The van der Waals surface area contributed by atoms with E-state index in [0.717, 1.165) is 12.2 Å². The molecule has 0 atom stereocenters. The number of thioether (sulfide) groups is 1. The quantitative estimate of drug-likeness (QED) is 0.601. The van der Waals surface area contributed by atoms with Crippen LogP contribution in [0.3, 0.4) is 0 Å². The average Bonchev–Trinajstić information content (AvgIpc) is 2.53. The van der Waals surface area contributed by atoms with Gasteiger partial charge in [-0.25, -0.2) is 0 Å². The van der Waals surface area contributed by atoms with Crippen LogP contribution in [-0.2, 0) is 0 Å². The first-order chi connectivity index (χ1) is 9.92. The van der Waals surface area contributed by atoms with Crippen LogP contribution in [0.15, 0.2) is 66.1 Å². The van der Waals surface area contributed by atoms with Gasteiger partial charge in [-0.15, -0.1) is 11.8 Å². The summed E-state index contributed by atoms with van der Waals surface area (Å²) in [4.78, 5) is 0. The van der Waals surface area contributed by atoms with Gasteiger partial charge in [0.05, 0.1) is 6.67 Å². The third-order valence-electron chi connectivity index (χ3n) is 3.02. The van der Waals surface area contributed by atoms with E-state index in [2.05, 4.69) is 53.9 Å². The highest BCUT2D eigenvalue weighted by Crippen LogP contribution is 2.26. The second-order valence-electron chi connectivity index (χ2n) is 4.53. The van der Waals surface area contributed by atoms with E-state index < -0.39 is 0 Å². The summed E-state index contributed by atoms with van der Waals surface area (Å²) in [6.45, 7) is -0.214. The van der Waals surface area contributed by atoms with Crippen LogP contribution < -0.4 is 0 Å². The monoisotopic (exact) mass is 286 g/mol. The molecule has 0 aromatic heterocycles. The molecule has 20 heavy (non-hydrogen) atoms. The van der Waals surface area contributed by atoms with Crippen molar-refractivity contribution < 1.29 is 4.39 Å². The highest BCUT2D eigenvalue weighted by molar-refractivity contribution is 8.02. The largest absolute Gasteiger partial charge is 0.251 e. The number of unbranched alkanes of at least 4 members (excludes halogenated alkanes) is 1. The zero-order chi connectivity index (χ0) is 14.0. The van der Waals surface area contributed by atoms with Crippen molar-refractivity contribution >= 4 is 17.3 Å². The average molecular weight is 286 g/mol. The van der Waals surface area contributed by atoms with Gasteiger partial charge in [0.2, 0.25) is 0 Å². The molecule has 0 saturated heterocycles. The number of alkyl halides is 1. The molecule has 0 heterocycles. The zero-order valence-corrected chi connectivity index (χ0v) is 12.3. The van der Waals surface area contributed by atoms with Gasteiger partial charge >= 0.3 is 0 Å². The van der Waals surface area contributed by atoms with Crippen LogP contribution in [0.25, 0.3) is 5.57 Å². The van der Waals surface area contributed by atoms with Gasteiger partial charge in [0.25, 0.3) is 0 Å². The smallest absolute Gasteiger partial charge is 0.0894 e. The standard InChI is InChI=1S/C18H19FS/c19-13-7-8-14-20-15-18(16-9-3-1-4-10-16)17-11-5-2-6-12-17/h1-6,9-12,15H,7-8,13-14H2. The van der Waals surface area contributed by atoms with Crippen molar-refractivity contribution in [2.75, 3.05) is 12.4 Å². The van der Waals surface area contributed by atoms with Crippen LogP contribution in [0.1, 0.15) is 24.0 Å². The molecule has 2 aromatic rings. The van der Waals surface area contributed by atoms with E-state index in [-0.39, 0.29) is 6.67 Å². The molecular weight excluding hydrogens is 267 g/mol. The molecular formula is C18H19FS. The summed E-state index contributed by atoms with van der Waals surface area (Å²) >= 11 is 1.76. The summed E-state index contributed by atoms with van der Waals surface area (Å²) in [6.07, 6.45) is 1.58. The van der Waals surface area contributed by atoms with Crippen LogP contribution in [0.2, 0.25) is 0 Å². The SMILES string of the molecule is FCCCCSC=C(c1ccccc1)c1ccccc1. The molecule has 0 spiro atoms. The fraction of sp³-hybridized carbons (Fsp3) is 0.222. The summed E-state index contributed by atoms with van der Waals surface area (Å²) in [5.74, 6) is 0.965. The molecule has 0 aliphatic rings. The highest BCUT2D eigenvalue weighted by atomic mass is 32.2. The number of rotatable bonds is 7. The van der Waals surface area contributed by atoms with E-state index >= 15 is 0 Å². The number of benzene rings is 2. The molecule has 0 saturated carbocycles. The van der Waals surface area contributed by atoms with Gasteiger partial charge in [-0.3, -0.25) is 4.39 Å². The minimum Gasteiger partial charge on any atom is -0.251 e. The van der Waals surface area contributed by atoms with E-state index in [0.29, 0.717) is 6.42 Å². The first-order valence-electron chi connectivity index (χ1n) is 6.90. The minimum absolute atomic E-state index is 0.214. The molecule has 2 heteroatoms. The summed E-state index contributed by atoms with van der Waals surface area (Å²) < 4.78 is 12.1. The van der Waals surface area contributed by atoms with E-state index in [4.69, 9.17) is 0 Å². The van der Waals surface area contributed by atoms with Gasteiger partial charge in [0, 0.05) is 0 Å². The van der Waals surface area contributed by atoms with E-state index in [1.54, 1.807) is 11.8 Å². The van der Waals surface area contributed by atoms with Crippen LogP contribution in [0.5, 0.6) is 0 Å². The summed E-state index contributed by atoms with van der Waals surface area (Å²) in [5, 5.41) is 2.20. The third-order valence-corrected chi connectivity index (χ3v) is 3.94. The molecule has 0 N–H and O–H groups in total. The van der Waals surface area contributed by atoms with Crippen molar-refractivity contribution in [2.24, 2.45) is 0 Å². The highest BCUT2D eigenvalue weighted by Gasteiger charge is 2.03. The Balaban J connectivity index is 2.15. The fourth-order valence-corrected chi connectivity index (χ4v) is 2.89. The molecule has 0 nitrogen and oxygen atoms in total. The number of hydrogen-bond donors (Lipinski definition) is 0. The van der Waals surface area contributed by atoms with Gasteiger partial charge in [0.1, 0.15) is 0 Å². The van der Waals surface area contributed by atoms with E-state index in [1.165, 1.54) is 16.7 Å². The predicted octanol–water partition coefficient (Wildman–Crippen LogP) is 5.56. The molecule has 2 aromatic carbocycles. The Bertz CT molecular complexity index is 478. The molecule has 104 valence electrons. The van der Waals surface area contributed by atoms with Crippen LogP contribution in [0.4, 0.5) is 4.39 Å². The lowest BCUT2D eigenvalue weighted by Gasteiger charge is -2.08. The second-order valence-corrected chi connectivity index (χ2v) is 5.51. The van der Waals surface area contributed by atoms with Crippen LogP contribution in [0, 0.1) is 0 Å². The molecule has 0 aliphatic heterocycles. The predicted molar refractivity (Wildman–Crippen MR) is 87.6 cm³/mol. The lowest BCUT2D eigenvalue weighted by atomic mass is 10.00. The van der Waals surface area contributed by atoms with Crippen molar-refractivity contribution in [2.45, 2.75) is 12.8 Å². The Hall–Kier alpha value is -1.54. The first kappa shape index (κ1) is 14.9. The first-order valence-corrected chi connectivity index (χ1v) is 7.95. The maximum absolute atomic E-state index is 12.1. The van der Waals surface area contributed by atoms with Crippen LogP contribution >= 0.6 is 11.8 Å². The van der Waals surface area contributed by atoms with Gasteiger partial charge < -0.3 is 0 Å². The molecule has 0 bridgehead atoms. The van der Waals surface area contributed by atoms with Crippen molar-refractivity contribution in [3.05, 3.63) is 77.2 Å². The third kappa shape index (κ3) is 4.53. The zero-order valence-electron chi connectivity index (χ0n) is 11.5. The normalized spacial score (nSPS) is 10.2. The van der Waals surface area contributed by atoms with Gasteiger partial charge in [-0.05, 0) is 40.7 Å². The van der Waals surface area contributed by atoms with Crippen molar-refractivity contribution in [1.82, 2.24) is 0 Å². The molecule has 0 aliphatic carbocycles. The van der Waals surface area contributed by atoms with Gasteiger partial charge in [0.15, 0.2) is 0 Å². The number of hydrogen-bond acceptors (Lipinski definition) is 1. The number of halogens is 1. The Labute approximate surface area is 124 Å². The lowest BCUT2D eigenvalue weighted by molar-refractivity contribution is 0.470. The van der Waals surface area contributed by atoms with Crippen LogP contribution in [-0.4, -0.2) is 12.4 Å². The molecule has 2 rings (SSSR count). The molecule has 0 amide bonds.